The average Bonchev–Trinajstić information content (AvgIpc) is 2.41. The van der Waals surface area contributed by atoms with Gasteiger partial charge >= 0.3 is 0 Å². The van der Waals surface area contributed by atoms with Gasteiger partial charge in [0, 0.05) is 23.6 Å². The number of nitrogens with zero attached hydrogens (tertiary/aromatic N) is 3. The van der Waals surface area contributed by atoms with Gasteiger partial charge in [0.05, 0.1) is 16.7 Å². The number of anilines is 1. The molecule has 0 saturated carbocycles. The van der Waals surface area contributed by atoms with Crippen LogP contribution in [0.25, 0.3) is 11.0 Å². The Morgan fingerprint density at radius 1 is 1.16 bits per heavy atom. The third kappa shape index (κ3) is 2.29. The third-order valence-electron chi connectivity index (χ3n) is 3.88. The number of rotatable bonds is 1. The highest BCUT2D eigenvalue weighted by atomic mass is 32.2. The van der Waals surface area contributed by atoms with Gasteiger partial charge in [-0.25, -0.2) is 9.97 Å². The van der Waals surface area contributed by atoms with E-state index in [9.17, 15) is 0 Å². The molecule has 1 aromatic carbocycles. The molecule has 1 fully saturated rings. The summed E-state index contributed by atoms with van der Waals surface area (Å²) in [5.74, 6) is 2.22. The molecule has 1 aliphatic heterocycles. The van der Waals surface area contributed by atoms with E-state index in [0.717, 1.165) is 29.1 Å². The molecule has 2 aromatic rings. The van der Waals surface area contributed by atoms with Gasteiger partial charge in [0.15, 0.2) is 5.82 Å². The molecular formula is C15H19N3S. The number of fused-ring (bicyclic) bond motifs is 1. The van der Waals surface area contributed by atoms with Gasteiger partial charge in [-0.2, -0.15) is 11.8 Å². The van der Waals surface area contributed by atoms with Crippen LogP contribution >= 0.6 is 11.8 Å². The van der Waals surface area contributed by atoms with Crippen LogP contribution < -0.4 is 4.90 Å². The van der Waals surface area contributed by atoms with Crippen LogP contribution in [0.2, 0.25) is 0 Å². The van der Waals surface area contributed by atoms with Crippen molar-refractivity contribution in [3.8, 4) is 0 Å². The molecule has 2 unspecified atom stereocenters. The van der Waals surface area contributed by atoms with Gasteiger partial charge in [0.25, 0.3) is 0 Å². The molecule has 1 saturated heterocycles. The number of benzene rings is 1. The van der Waals surface area contributed by atoms with E-state index in [-0.39, 0.29) is 0 Å². The van der Waals surface area contributed by atoms with Crippen LogP contribution in [0.3, 0.4) is 0 Å². The lowest BCUT2D eigenvalue weighted by molar-refractivity contribution is 0.618. The number of para-hydroxylation sites is 2. The number of hydrogen-bond acceptors (Lipinski definition) is 4. The summed E-state index contributed by atoms with van der Waals surface area (Å²) in [5.41, 5.74) is 3.00. The van der Waals surface area contributed by atoms with Gasteiger partial charge < -0.3 is 4.90 Å². The Hall–Kier alpha value is -1.29. The molecule has 0 radical (unpaired) electrons. The molecule has 1 aliphatic rings. The van der Waals surface area contributed by atoms with E-state index in [2.05, 4.69) is 25.7 Å². The fraction of sp³-hybridized carbons (Fsp3) is 0.467. The first-order valence-electron chi connectivity index (χ1n) is 6.78. The van der Waals surface area contributed by atoms with Gasteiger partial charge in [-0.1, -0.05) is 19.1 Å². The summed E-state index contributed by atoms with van der Waals surface area (Å²) in [5, 5.41) is 0.640. The van der Waals surface area contributed by atoms with Gasteiger partial charge in [-0.05, 0) is 26.0 Å². The lowest BCUT2D eigenvalue weighted by Crippen LogP contribution is -2.45. The van der Waals surface area contributed by atoms with Gasteiger partial charge in [0.2, 0.25) is 0 Å². The summed E-state index contributed by atoms with van der Waals surface area (Å²) >= 11 is 2.04. The molecule has 1 aromatic heterocycles. The minimum absolute atomic E-state index is 0.507. The number of aryl methyl sites for hydroxylation is 1. The maximum atomic E-state index is 4.84. The second kappa shape index (κ2) is 5.00. The van der Waals surface area contributed by atoms with E-state index in [1.807, 2.05) is 36.0 Å². The molecule has 0 amide bonds. The number of aromatic nitrogens is 2. The summed E-state index contributed by atoms with van der Waals surface area (Å²) in [4.78, 5) is 11.9. The number of hydrogen-bond donors (Lipinski definition) is 0. The van der Waals surface area contributed by atoms with Crippen LogP contribution in [0.1, 0.15) is 19.5 Å². The van der Waals surface area contributed by atoms with Crippen molar-refractivity contribution in [3.63, 3.8) is 0 Å². The van der Waals surface area contributed by atoms with Gasteiger partial charge in [-0.15, -0.1) is 0 Å². The van der Waals surface area contributed by atoms with E-state index in [0.29, 0.717) is 11.3 Å². The molecule has 4 heteroatoms. The topological polar surface area (TPSA) is 29.0 Å². The summed E-state index contributed by atoms with van der Waals surface area (Å²) in [6, 6.07) is 8.61. The van der Waals surface area contributed by atoms with Crippen molar-refractivity contribution >= 4 is 28.6 Å². The van der Waals surface area contributed by atoms with Crippen molar-refractivity contribution in [1.29, 1.82) is 0 Å². The Morgan fingerprint density at radius 2 is 1.84 bits per heavy atom. The fourth-order valence-electron chi connectivity index (χ4n) is 2.58. The molecule has 2 heterocycles. The molecule has 0 spiro atoms. The maximum Gasteiger partial charge on any atom is 0.151 e. The minimum atomic E-state index is 0.507. The Balaban J connectivity index is 2.06. The third-order valence-corrected chi connectivity index (χ3v) is 5.21. The van der Waals surface area contributed by atoms with Crippen LogP contribution in [-0.2, 0) is 0 Å². The maximum absolute atomic E-state index is 4.84. The Morgan fingerprint density at radius 3 is 2.58 bits per heavy atom. The van der Waals surface area contributed by atoms with Crippen LogP contribution in [0, 0.1) is 6.92 Å². The molecule has 3 rings (SSSR count). The van der Waals surface area contributed by atoms with Crippen molar-refractivity contribution in [3.05, 3.63) is 30.0 Å². The van der Waals surface area contributed by atoms with Crippen LogP contribution in [0.4, 0.5) is 5.82 Å². The first-order chi connectivity index (χ1) is 9.16. The molecule has 0 N–H and O–H groups in total. The smallest absolute Gasteiger partial charge is 0.151 e. The monoisotopic (exact) mass is 273 g/mol. The molecule has 0 bridgehead atoms. The minimum Gasteiger partial charge on any atom is -0.350 e. The van der Waals surface area contributed by atoms with Crippen LogP contribution in [-0.4, -0.2) is 33.6 Å². The van der Waals surface area contributed by atoms with E-state index in [4.69, 9.17) is 9.97 Å². The fourth-order valence-corrected chi connectivity index (χ4v) is 3.68. The zero-order valence-electron chi connectivity index (χ0n) is 11.6. The molecule has 100 valence electrons. The molecule has 19 heavy (non-hydrogen) atoms. The molecule has 3 nitrogen and oxygen atoms in total. The second-order valence-electron chi connectivity index (χ2n) is 5.13. The zero-order valence-corrected chi connectivity index (χ0v) is 12.4. The predicted molar refractivity (Wildman–Crippen MR) is 83.0 cm³/mol. The Labute approximate surface area is 118 Å². The van der Waals surface area contributed by atoms with Crippen LogP contribution in [0.15, 0.2) is 24.3 Å². The van der Waals surface area contributed by atoms with Gasteiger partial charge in [-0.3, -0.25) is 0 Å². The second-order valence-corrected chi connectivity index (χ2v) is 6.62. The molecule has 2 atom stereocenters. The first kappa shape index (κ1) is 12.7. The average molecular weight is 273 g/mol. The zero-order chi connectivity index (χ0) is 13.4. The highest BCUT2D eigenvalue weighted by Gasteiger charge is 2.27. The SMILES string of the molecule is Cc1nc2ccccc2nc1N1CCSC(C)C1C. The summed E-state index contributed by atoms with van der Waals surface area (Å²) in [6.45, 7) is 7.70. The number of thioether (sulfide) groups is 1. The van der Waals surface area contributed by atoms with Crippen molar-refractivity contribution in [2.24, 2.45) is 0 Å². The largest absolute Gasteiger partial charge is 0.350 e. The summed E-state index contributed by atoms with van der Waals surface area (Å²) in [7, 11) is 0. The summed E-state index contributed by atoms with van der Waals surface area (Å²) in [6.07, 6.45) is 0. The van der Waals surface area contributed by atoms with Gasteiger partial charge in [0.1, 0.15) is 0 Å². The van der Waals surface area contributed by atoms with E-state index >= 15 is 0 Å². The highest BCUT2D eigenvalue weighted by Crippen LogP contribution is 2.30. The normalized spacial score (nSPS) is 23.8. The highest BCUT2D eigenvalue weighted by molar-refractivity contribution is 8.00. The standard InChI is InChI=1S/C15H19N3S/c1-10-15(18-8-9-19-12(3)11(18)2)17-14-7-5-4-6-13(14)16-10/h4-7,11-12H,8-9H2,1-3H3. The van der Waals surface area contributed by atoms with Crippen molar-refractivity contribution in [2.75, 3.05) is 17.2 Å². The predicted octanol–water partition coefficient (Wildman–Crippen LogP) is 3.27. The lowest BCUT2D eigenvalue weighted by Gasteiger charge is -2.38. The van der Waals surface area contributed by atoms with E-state index < -0.39 is 0 Å². The molecular weight excluding hydrogens is 254 g/mol. The summed E-state index contributed by atoms with van der Waals surface area (Å²) < 4.78 is 0. The first-order valence-corrected chi connectivity index (χ1v) is 7.83. The Bertz CT molecular complexity index is 599. The van der Waals surface area contributed by atoms with Crippen molar-refractivity contribution in [1.82, 2.24) is 9.97 Å². The van der Waals surface area contributed by atoms with Crippen molar-refractivity contribution < 1.29 is 0 Å². The molecule has 0 aliphatic carbocycles. The van der Waals surface area contributed by atoms with Crippen LogP contribution in [0.5, 0.6) is 0 Å². The van der Waals surface area contributed by atoms with E-state index in [1.165, 1.54) is 5.75 Å². The van der Waals surface area contributed by atoms with E-state index in [1.54, 1.807) is 0 Å². The van der Waals surface area contributed by atoms with Crippen molar-refractivity contribution in [2.45, 2.75) is 32.1 Å². The lowest BCUT2D eigenvalue weighted by atomic mass is 10.2. The quantitative estimate of drug-likeness (QED) is 0.797. The Kier molecular flexibility index (Phi) is 3.35.